The van der Waals surface area contributed by atoms with Crippen molar-refractivity contribution in [2.24, 2.45) is 5.73 Å². The minimum absolute atomic E-state index is 0.113. The molecular weight excluding hydrogens is 234 g/mol. The Morgan fingerprint density at radius 2 is 2.46 bits per heavy atom. The molecule has 0 bridgehead atoms. The van der Waals surface area contributed by atoms with Gasteiger partial charge in [0.05, 0.1) is 22.9 Å². The first-order valence-electron chi connectivity index (χ1n) is 4.39. The van der Waals surface area contributed by atoms with E-state index in [1.54, 1.807) is 6.26 Å². The molecular formula is C9H12BrNO2. The molecule has 1 fully saturated rings. The molecule has 1 saturated heterocycles. The first kappa shape index (κ1) is 9.24. The molecule has 0 aromatic carbocycles. The highest BCUT2D eigenvalue weighted by molar-refractivity contribution is 9.10. The van der Waals surface area contributed by atoms with E-state index in [0.717, 1.165) is 29.7 Å². The van der Waals surface area contributed by atoms with Gasteiger partial charge < -0.3 is 14.9 Å². The Hall–Kier alpha value is -0.320. The zero-order valence-corrected chi connectivity index (χ0v) is 8.79. The largest absolute Gasteiger partial charge is 0.466 e. The van der Waals surface area contributed by atoms with Crippen molar-refractivity contribution in [1.82, 2.24) is 0 Å². The van der Waals surface area contributed by atoms with E-state index in [0.29, 0.717) is 0 Å². The lowest BCUT2D eigenvalue weighted by Crippen LogP contribution is -2.25. The lowest BCUT2D eigenvalue weighted by Gasteiger charge is -2.16. The van der Waals surface area contributed by atoms with Crippen LogP contribution < -0.4 is 5.73 Å². The second-order valence-corrected chi connectivity index (χ2v) is 4.06. The molecule has 2 rings (SSSR count). The smallest absolute Gasteiger partial charge is 0.137 e. The summed E-state index contributed by atoms with van der Waals surface area (Å²) in [5.74, 6) is 0.784. The maximum Gasteiger partial charge on any atom is 0.137 e. The molecule has 1 aliphatic rings. The first-order valence-corrected chi connectivity index (χ1v) is 5.18. The Morgan fingerprint density at radius 3 is 3.00 bits per heavy atom. The van der Waals surface area contributed by atoms with Crippen molar-refractivity contribution < 1.29 is 9.15 Å². The van der Waals surface area contributed by atoms with Crippen LogP contribution in [0.2, 0.25) is 0 Å². The Balaban J connectivity index is 2.12. The Kier molecular flexibility index (Phi) is 2.71. The van der Waals surface area contributed by atoms with Gasteiger partial charge in [-0.15, -0.1) is 0 Å². The van der Waals surface area contributed by atoms with Crippen molar-refractivity contribution in [3.63, 3.8) is 0 Å². The highest BCUT2D eigenvalue weighted by Gasteiger charge is 2.27. The Morgan fingerprint density at radius 1 is 1.62 bits per heavy atom. The van der Waals surface area contributed by atoms with E-state index in [9.17, 15) is 0 Å². The van der Waals surface area contributed by atoms with Crippen molar-refractivity contribution in [1.29, 1.82) is 0 Å². The molecule has 0 amide bonds. The molecule has 2 heterocycles. The van der Waals surface area contributed by atoms with Crippen LogP contribution in [0.25, 0.3) is 0 Å². The lowest BCUT2D eigenvalue weighted by atomic mass is 10.1. The fraction of sp³-hybridized carbons (Fsp3) is 0.556. The molecule has 2 atom stereocenters. The van der Waals surface area contributed by atoms with Crippen LogP contribution in [0.3, 0.4) is 0 Å². The predicted molar refractivity (Wildman–Crippen MR) is 52.3 cm³/mol. The van der Waals surface area contributed by atoms with Crippen molar-refractivity contribution in [2.75, 3.05) is 6.61 Å². The summed E-state index contributed by atoms with van der Waals surface area (Å²) in [7, 11) is 0. The van der Waals surface area contributed by atoms with Gasteiger partial charge in [0.15, 0.2) is 0 Å². The van der Waals surface area contributed by atoms with Gasteiger partial charge >= 0.3 is 0 Å². The number of halogens is 1. The molecule has 0 radical (unpaired) electrons. The van der Waals surface area contributed by atoms with Gasteiger partial charge in [-0.05, 0) is 34.8 Å². The minimum atomic E-state index is -0.146. The van der Waals surface area contributed by atoms with Crippen LogP contribution in [0.4, 0.5) is 0 Å². The third-order valence-electron chi connectivity index (χ3n) is 2.31. The summed E-state index contributed by atoms with van der Waals surface area (Å²) in [6, 6.07) is 1.70. The van der Waals surface area contributed by atoms with Gasteiger partial charge in [0.25, 0.3) is 0 Å². The third-order valence-corrected chi connectivity index (χ3v) is 2.97. The molecule has 1 aromatic heterocycles. The van der Waals surface area contributed by atoms with Gasteiger partial charge in [0, 0.05) is 6.61 Å². The summed E-state index contributed by atoms with van der Waals surface area (Å²) < 4.78 is 11.7. The first-order chi connectivity index (χ1) is 6.29. The van der Waals surface area contributed by atoms with E-state index in [2.05, 4.69) is 15.9 Å². The second-order valence-electron chi connectivity index (χ2n) is 3.21. The maximum absolute atomic E-state index is 6.00. The van der Waals surface area contributed by atoms with E-state index in [-0.39, 0.29) is 12.1 Å². The lowest BCUT2D eigenvalue weighted by molar-refractivity contribution is 0.0836. The average molecular weight is 246 g/mol. The van der Waals surface area contributed by atoms with Crippen LogP contribution in [0.5, 0.6) is 0 Å². The van der Waals surface area contributed by atoms with E-state index in [1.165, 1.54) is 0 Å². The standard InChI is InChI=1S/C9H12BrNO2/c10-6-3-5-13-9(6)8(11)7-2-1-4-12-7/h3,5,7-8H,1-2,4,11H2. The van der Waals surface area contributed by atoms with Gasteiger partial charge in [-0.25, -0.2) is 0 Å². The maximum atomic E-state index is 6.00. The van der Waals surface area contributed by atoms with Crippen molar-refractivity contribution >= 4 is 15.9 Å². The zero-order chi connectivity index (χ0) is 9.26. The molecule has 0 aliphatic carbocycles. The number of ether oxygens (including phenoxy) is 1. The van der Waals surface area contributed by atoms with Crippen LogP contribution in [-0.2, 0) is 4.74 Å². The van der Waals surface area contributed by atoms with Gasteiger partial charge in [0.2, 0.25) is 0 Å². The topological polar surface area (TPSA) is 48.4 Å². The van der Waals surface area contributed by atoms with E-state index in [4.69, 9.17) is 14.9 Å². The molecule has 0 spiro atoms. The van der Waals surface area contributed by atoms with Crippen molar-refractivity contribution in [3.05, 3.63) is 22.6 Å². The molecule has 13 heavy (non-hydrogen) atoms. The third kappa shape index (κ3) is 1.80. The number of hydrogen-bond donors (Lipinski definition) is 1. The van der Waals surface area contributed by atoms with Crippen LogP contribution in [-0.4, -0.2) is 12.7 Å². The van der Waals surface area contributed by atoms with Gasteiger partial charge in [0.1, 0.15) is 5.76 Å². The molecule has 0 saturated carbocycles. The molecule has 72 valence electrons. The quantitative estimate of drug-likeness (QED) is 0.870. The van der Waals surface area contributed by atoms with Crippen molar-refractivity contribution in [2.45, 2.75) is 25.0 Å². The minimum Gasteiger partial charge on any atom is -0.466 e. The number of furan rings is 1. The number of hydrogen-bond acceptors (Lipinski definition) is 3. The van der Waals surface area contributed by atoms with Crippen molar-refractivity contribution in [3.8, 4) is 0 Å². The fourth-order valence-corrected chi connectivity index (χ4v) is 2.06. The molecule has 3 nitrogen and oxygen atoms in total. The highest BCUT2D eigenvalue weighted by atomic mass is 79.9. The van der Waals surface area contributed by atoms with Crippen LogP contribution >= 0.6 is 15.9 Å². The van der Waals surface area contributed by atoms with Crippen LogP contribution in [0.15, 0.2) is 21.2 Å². The second kappa shape index (κ2) is 3.82. The Bertz CT molecular complexity index is 281. The fourth-order valence-electron chi connectivity index (χ4n) is 1.60. The van der Waals surface area contributed by atoms with Gasteiger partial charge in [-0.3, -0.25) is 0 Å². The number of nitrogens with two attached hydrogens (primary N) is 1. The summed E-state index contributed by atoms with van der Waals surface area (Å²) in [6.07, 6.45) is 3.86. The monoisotopic (exact) mass is 245 g/mol. The summed E-state index contributed by atoms with van der Waals surface area (Å²) in [4.78, 5) is 0. The van der Waals surface area contributed by atoms with E-state index >= 15 is 0 Å². The normalized spacial score (nSPS) is 24.9. The predicted octanol–water partition coefficient (Wildman–Crippen LogP) is 2.22. The SMILES string of the molecule is NC(c1occc1Br)C1CCCO1. The molecule has 1 aliphatic heterocycles. The molecule has 2 N–H and O–H groups in total. The molecule has 4 heteroatoms. The zero-order valence-electron chi connectivity index (χ0n) is 7.20. The number of rotatable bonds is 2. The summed E-state index contributed by atoms with van der Waals surface area (Å²) in [6.45, 7) is 0.816. The van der Waals surface area contributed by atoms with E-state index in [1.807, 2.05) is 6.07 Å². The molecule has 2 unspecified atom stereocenters. The van der Waals surface area contributed by atoms with E-state index < -0.39 is 0 Å². The summed E-state index contributed by atoms with van der Waals surface area (Å²) in [5.41, 5.74) is 6.00. The summed E-state index contributed by atoms with van der Waals surface area (Å²) in [5, 5.41) is 0. The highest BCUT2D eigenvalue weighted by Crippen LogP contribution is 2.30. The van der Waals surface area contributed by atoms with Crippen LogP contribution in [0, 0.1) is 0 Å². The van der Waals surface area contributed by atoms with Crippen LogP contribution in [0.1, 0.15) is 24.6 Å². The average Bonchev–Trinajstić information content (AvgIpc) is 2.72. The summed E-state index contributed by atoms with van der Waals surface area (Å²) >= 11 is 3.38. The molecule has 1 aromatic rings. The van der Waals surface area contributed by atoms with Gasteiger partial charge in [-0.2, -0.15) is 0 Å². The van der Waals surface area contributed by atoms with Gasteiger partial charge in [-0.1, -0.05) is 0 Å². The Labute approximate surface area is 85.4 Å².